The van der Waals surface area contributed by atoms with Gasteiger partial charge in [0.25, 0.3) is 0 Å². The van der Waals surface area contributed by atoms with Gasteiger partial charge in [-0.2, -0.15) is 5.10 Å². The van der Waals surface area contributed by atoms with Gasteiger partial charge in [-0.1, -0.05) is 13.8 Å². The van der Waals surface area contributed by atoms with Crippen molar-refractivity contribution >= 4 is 28.4 Å². The fourth-order valence-electron chi connectivity index (χ4n) is 6.04. The van der Waals surface area contributed by atoms with E-state index in [0.29, 0.717) is 6.54 Å². The van der Waals surface area contributed by atoms with Crippen LogP contribution in [0.2, 0.25) is 0 Å². The lowest BCUT2D eigenvalue weighted by Gasteiger charge is -2.56. The van der Waals surface area contributed by atoms with Gasteiger partial charge in [-0.05, 0) is 63.5 Å². The van der Waals surface area contributed by atoms with Gasteiger partial charge in [0.05, 0.1) is 35.4 Å². The number of piperazine rings is 1. The molecule has 188 valence electrons. The molecule has 9 nitrogen and oxygen atoms in total. The van der Waals surface area contributed by atoms with Crippen molar-refractivity contribution in [2.75, 3.05) is 38.6 Å². The molecule has 0 aliphatic carbocycles. The number of hydrogen-bond acceptors (Lipinski definition) is 6. The van der Waals surface area contributed by atoms with Crippen LogP contribution < -0.4 is 4.90 Å². The molecule has 1 amide bonds. The molecular weight excluding hydrogens is 452 g/mol. The van der Waals surface area contributed by atoms with Gasteiger partial charge in [0.2, 0.25) is 5.91 Å². The zero-order chi connectivity index (χ0) is 25.3. The Morgan fingerprint density at radius 1 is 1.17 bits per heavy atom. The quantitative estimate of drug-likeness (QED) is 0.466. The molecule has 0 spiro atoms. The Morgan fingerprint density at radius 3 is 2.61 bits per heavy atom. The van der Waals surface area contributed by atoms with Crippen LogP contribution >= 0.6 is 0 Å². The number of carbonyl (C=O) groups excluding carboxylic acids is 1. The molecule has 2 bridgehead atoms. The summed E-state index contributed by atoms with van der Waals surface area (Å²) in [6.07, 6.45) is 4.76. The van der Waals surface area contributed by atoms with Crippen molar-refractivity contribution in [3.63, 3.8) is 0 Å². The van der Waals surface area contributed by atoms with Gasteiger partial charge in [-0.25, -0.2) is 14.5 Å². The van der Waals surface area contributed by atoms with Crippen molar-refractivity contribution in [1.82, 2.24) is 34.4 Å². The molecule has 0 saturated carbocycles. The lowest BCUT2D eigenvalue weighted by Crippen LogP contribution is -2.71. The molecule has 0 aromatic carbocycles. The number of rotatable bonds is 5. The summed E-state index contributed by atoms with van der Waals surface area (Å²) in [6.45, 7) is 10.8. The van der Waals surface area contributed by atoms with E-state index in [1.165, 1.54) is 11.1 Å². The lowest BCUT2D eigenvalue weighted by molar-refractivity contribution is -0.146. The van der Waals surface area contributed by atoms with E-state index in [1.807, 2.05) is 23.5 Å². The van der Waals surface area contributed by atoms with Crippen LogP contribution in [0.15, 0.2) is 24.7 Å². The molecule has 4 aromatic heterocycles. The van der Waals surface area contributed by atoms with Gasteiger partial charge in [0, 0.05) is 30.4 Å². The van der Waals surface area contributed by atoms with Crippen LogP contribution in [0.1, 0.15) is 42.9 Å². The lowest BCUT2D eigenvalue weighted by atomic mass is 9.87. The Balaban J connectivity index is 1.36. The molecule has 9 heteroatoms. The summed E-state index contributed by atoms with van der Waals surface area (Å²) in [4.78, 5) is 32.4. The predicted molar refractivity (Wildman–Crippen MR) is 141 cm³/mol. The number of nitrogens with zero attached hydrogens (tertiary/aromatic N) is 7. The Morgan fingerprint density at radius 2 is 1.92 bits per heavy atom. The van der Waals surface area contributed by atoms with E-state index in [-0.39, 0.29) is 23.9 Å². The summed E-state index contributed by atoms with van der Waals surface area (Å²) >= 11 is 0. The SMILES string of the molecule is Cc1c(-c2[nH]c3ccc(N4C[C@H]5C[C@@H](C4)N5C(=O)CN(C)C)nc3c2C(C)C)cn2ncnc2c1C. The summed E-state index contributed by atoms with van der Waals surface area (Å²) in [6, 6.07) is 4.82. The molecule has 3 fully saturated rings. The van der Waals surface area contributed by atoms with Crippen LogP contribution in [0.4, 0.5) is 5.82 Å². The summed E-state index contributed by atoms with van der Waals surface area (Å²) in [5.74, 6) is 1.51. The van der Waals surface area contributed by atoms with Crippen molar-refractivity contribution < 1.29 is 4.79 Å². The van der Waals surface area contributed by atoms with Crippen molar-refractivity contribution in [2.24, 2.45) is 0 Å². The van der Waals surface area contributed by atoms with Crippen LogP contribution in [0.3, 0.4) is 0 Å². The molecule has 2 atom stereocenters. The highest BCUT2D eigenvalue weighted by Gasteiger charge is 2.47. The van der Waals surface area contributed by atoms with Gasteiger partial charge >= 0.3 is 0 Å². The van der Waals surface area contributed by atoms with E-state index < -0.39 is 0 Å². The number of carbonyl (C=O) groups is 1. The minimum Gasteiger partial charge on any atom is -0.353 e. The first-order chi connectivity index (χ1) is 17.2. The zero-order valence-electron chi connectivity index (χ0n) is 21.9. The monoisotopic (exact) mass is 486 g/mol. The van der Waals surface area contributed by atoms with E-state index in [0.717, 1.165) is 58.8 Å². The highest BCUT2D eigenvalue weighted by molar-refractivity contribution is 5.90. The molecule has 7 rings (SSSR count). The molecule has 36 heavy (non-hydrogen) atoms. The van der Waals surface area contributed by atoms with Crippen molar-refractivity contribution in [2.45, 2.75) is 52.1 Å². The standard InChI is InChI=1S/C27H34N8O/c1-15(2)24-25(20-12-34-27(28-14-29-34)17(4)16(20)3)30-21-7-8-22(31-26(21)24)33-10-18-9-19(11-33)35(18)23(36)13-32(5)6/h7-8,12,14-15,18-19,30H,9-11,13H2,1-6H3/t18-,19+. The first-order valence-corrected chi connectivity index (χ1v) is 12.8. The molecular formula is C27H34N8O. The van der Waals surface area contributed by atoms with Crippen LogP contribution in [0, 0.1) is 13.8 Å². The maximum atomic E-state index is 12.7. The van der Waals surface area contributed by atoms with Crippen LogP contribution in [0.25, 0.3) is 27.9 Å². The number of aryl methyl sites for hydroxylation is 1. The van der Waals surface area contributed by atoms with Gasteiger partial charge < -0.3 is 19.7 Å². The number of amides is 1. The zero-order valence-corrected chi connectivity index (χ0v) is 21.9. The molecule has 1 N–H and O–H groups in total. The summed E-state index contributed by atoms with van der Waals surface area (Å²) in [5.41, 5.74) is 8.73. The highest BCUT2D eigenvalue weighted by atomic mass is 16.2. The molecule has 3 saturated heterocycles. The van der Waals surface area contributed by atoms with E-state index in [9.17, 15) is 4.79 Å². The summed E-state index contributed by atoms with van der Waals surface area (Å²) < 4.78 is 1.86. The van der Waals surface area contributed by atoms with Crippen molar-refractivity contribution in [3.8, 4) is 11.3 Å². The molecule has 3 aliphatic rings. The van der Waals surface area contributed by atoms with Crippen LogP contribution in [0.5, 0.6) is 0 Å². The topological polar surface area (TPSA) is 85.7 Å². The Hall–Kier alpha value is -3.46. The Labute approximate surface area is 211 Å². The van der Waals surface area contributed by atoms with E-state index in [2.05, 4.69) is 70.9 Å². The highest BCUT2D eigenvalue weighted by Crippen LogP contribution is 2.39. The van der Waals surface area contributed by atoms with Crippen molar-refractivity contribution in [3.05, 3.63) is 41.3 Å². The summed E-state index contributed by atoms with van der Waals surface area (Å²) in [7, 11) is 3.90. The second-order valence-corrected chi connectivity index (χ2v) is 10.9. The number of piperidine rings is 1. The third kappa shape index (κ3) is 3.48. The second kappa shape index (κ2) is 8.30. The second-order valence-electron chi connectivity index (χ2n) is 10.9. The van der Waals surface area contributed by atoms with E-state index >= 15 is 0 Å². The van der Waals surface area contributed by atoms with E-state index in [1.54, 1.807) is 6.33 Å². The number of aromatic amines is 1. The Bertz CT molecular complexity index is 1470. The number of hydrogen-bond donors (Lipinski definition) is 1. The minimum atomic E-state index is 0.233. The molecule has 3 aliphatic heterocycles. The number of fused-ring (bicyclic) bond motifs is 4. The largest absolute Gasteiger partial charge is 0.353 e. The predicted octanol–water partition coefficient (Wildman–Crippen LogP) is 3.36. The third-order valence-electron chi connectivity index (χ3n) is 7.89. The van der Waals surface area contributed by atoms with E-state index in [4.69, 9.17) is 4.98 Å². The number of H-pyrrole nitrogens is 1. The first kappa shape index (κ1) is 23.0. The fourth-order valence-corrected chi connectivity index (χ4v) is 6.04. The normalized spacial score (nSPS) is 19.7. The average Bonchev–Trinajstić information content (AvgIpc) is 3.45. The van der Waals surface area contributed by atoms with Gasteiger partial charge in [0.1, 0.15) is 12.1 Å². The fraction of sp³-hybridized carbons (Fsp3) is 0.481. The van der Waals surface area contributed by atoms with Gasteiger partial charge in [-0.3, -0.25) is 4.79 Å². The maximum Gasteiger partial charge on any atom is 0.237 e. The molecule has 0 radical (unpaired) electrons. The number of aromatic nitrogens is 5. The minimum absolute atomic E-state index is 0.233. The first-order valence-electron chi connectivity index (χ1n) is 12.8. The Kier molecular flexibility index (Phi) is 5.29. The molecule has 4 aromatic rings. The van der Waals surface area contributed by atoms with Gasteiger partial charge in [0.15, 0.2) is 5.65 Å². The maximum absolute atomic E-state index is 12.7. The number of anilines is 1. The molecule has 0 unspecified atom stereocenters. The smallest absolute Gasteiger partial charge is 0.237 e. The summed E-state index contributed by atoms with van der Waals surface area (Å²) in [5, 5.41) is 4.39. The van der Waals surface area contributed by atoms with Crippen LogP contribution in [-0.4, -0.2) is 86.1 Å². The number of pyridine rings is 2. The number of likely N-dealkylation sites (N-methyl/N-ethyl adjacent to an activating group) is 1. The molecule has 7 heterocycles. The van der Waals surface area contributed by atoms with Gasteiger partial charge in [-0.15, -0.1) is 0 Å². The van der Waals surface area contributed by atoms with Crippen LogP contribution in [-0.2, 0) is 4.79 Å². The average molecular weight is 487 g/mol. The third-order valence-corrected chi connectivity index (χ3v) is 7.89. The van der Waals surface area contributed by atoms with Crippen molar-refractivity contribution in [1.29, 1.82) is 0 Å². The number of nitrogens with one attached hydrogen (secondary N) is 1.